The van der Waals surface area contributed by atoms with E-state index in [9.17, 15) is 4.79 Å². The third-order valence-electron chi connectivity index (χ3n) is 3.38. The topological polar surface area (TPSA) is 54.3 Å². The lowest BCUT2D eigenvalue weighted by atomic mass is 10.3. The van der Waals surface area contributed by atoms with Gasteiger partial charge in [-0.3, -0.25) is 4.57 Å². The number of fused-ring (bicyclic) bond motifs is 1. The summed E-state index contributed by atoms with van der Waals surface area (Å²) in [6, 6.07) is 3.47. The highest BCUT2D eigenvalue weighted by molar-refractivity contribution is 6.29. The predicted octanol–water partition coefficient (Wildman–Crippen LogP) is 1.30. The van der Waals surface area contributed by atoms with Crippen molar-refractivity contribution in [2.45, 2.75) is 0 Å². The number of hydrogen-bond donors (Lipinski definition) is 0. The molecule has 1 fully saturated rings. The molecule has 0 bridgehead atoms. The van der Waals surface area contributed by atoms with Gasteiger partial charge in [-0.2, -0.15) is 0 Å². The van der Waals surface area contributed by atoms with E-state index >= 15 is 0 Å². The van der Waals surface area contributed by atoms with Crippen molar-refractivity contribution >= 4 is 28.7 Å². The fourth-order valence-electron chi connectivity index (χ4n) is 2.21. The van der Waals surface area contributed by atoms with E-state index in [2.05, 4.69) is 22.1 Å². The molecule has 19 heavy (non-hydrogen) atoms. The molecule has 0 saturated carbocycles. The van der Waals surface area contributed by atoms with Gasteiger partial charge < -0.3 is 9.80 Å². The number of rotatable bonds is 0. The van der Waals surface area contributed by atoms with E-state index in [-0.39, 0.29) is 6.03 Å². The van der Waals surface area contributed by atoms with Gasteiger partial charge in [0.2, 0.25) is 0 Å². The van der Waals surface area contributed by atoms with E-state index in [0.29, 0.717) is 10.8 Å². The highest BCUT2D eigenvalue weighted by atomic mass is 35.5. The Morgan fingerprint density at radius 2 is 2.00 bits per heavy atom. The van der Waals surface area contributed by atoms with E-state index in [1.807, 2.05) is 11.0 Å². The second kappa shape index (κ2) is 4.79. The number of likely N-dealkylation sites (N-methyl/N-ethyl adjacent to an activating group) is 1. The predicted molar refractivity (Wildman–Crippen MR) is 72.4 cm³/mol. The maximum absolute atomic E-state index is 12.4. The van der Waals surface area contributed by atoms with Crippen molar-refractivity contribution in [3.05, 3.63) is 23.5 Å². The van der Waals surface area contributed by atoms with Crippen LogP contribution in [0.3, 0.4) is 0 Å². The average molecular weight is 280 g/mol. The van der Waals surface area contributed by atoms with Crippen molar-refractivity contribution in [2.75, 3.05) is 33.2 Å². The number of carbonyl (C=O) groups excluding carboxylic acids is 1. The van der Waals surface area contributed by atoms with Crippen molar-refractivity contribution in [3.63, 3.8) is 0 Å². The van der Waals surface area contributed by atoms with Crippen LogP contribution in [-0.4, -0.2) is 63.8 Å². The molecule has 0 aromatic carbocycles. The van der Waals surface area contributed by atoms with E-state index in [0.717, 1.165) is 31.6 Å². The monoisotopic (exact) mass is 279 g/mol. The zero-order valence-electron chi connectivity index (χ0n) is 10.6. The summed E-state index contributed by atoms with van der Waals surface area (Å²) in [5, 5.41) is 8.94. The molecule has 1 saturated heterocycles. The van der Waals surface area contributed by atoms with Crippen molar-refractivity contribution in [3.8, 4) is 0 Å². The summed E-state index contributed by atoms with van der Waals surface area (Å²) in [4.78, 5) is 16.5. The average Bonchev–Trinajstić information content (AvgIpc) is 2.81. The van der Waals surface area contributed by atoms with Gasteiger partial charge in [0.05, 0.1) is 0 Å². The maximum Gasteiger partial charge on any atom is 0.329 e. The quantitative estimate of drug-likeness (QED) is 0.729. The maximum atomic E-state index is 12.4. The van der Waals surface area contributed by atoms with Crippen molar-refractivity contribution in [1.82, 2.24) is 24.6 Å². The van der Waals surface area contributed by atoms with Crippen LogP contribution in [0.25, 0.3) is 11.0 Å². The van der Waals surface area contributed by atoms with Crippen LogP contribution in [0.5, 0.6) is 0 Å². The minimum atomic E-state index is -0.0558. The Bertz CT molecular complexity index is 618. The van der Waals surface area contributed by atoms with E-state index in [1.54, 1.807) is 12.3 Å². The molecule has 1 aliphatic rings. The molecule has 0 unspecified atom stereocenters. The normalized spacial score (nSPS) is 17.1. The van der Waals surface area contributed by atoms with Crippen molar-refractivity contribution < 1.29 is 4.79 Å². The SMILES string of the molecule is CN1CCN(C(=O)n2ccc3cc(Cl)nnc32)CC1. The third-order valence-corrected chi connectivity index (χ3v) is 3.57. The van der Waals surface area contributed by atoms with Gasteiger partial charge in [-0.25, -0.2) is 4.79 Å². The fraction of sp³-hybridized carbons (Fsp3) is 0.417. The van der Waals surface area contributed by atoms with Crippen LogP contribution < -0.4 is 0 Å². The highest BCUT2D eigenvalue weighted by Crippen LogP contribution is 2.17. The van der Waals surface area contributed by atoms with Crippen LogP contribution in [-0.2, 0) is 0 Å². The van der Waals surface area contributed by atoms with Gasteiger partial charge in [-0.1, -0.05) is 11.6 Å². The Labute approximate surface area is 115 Å². The minimum Gasteiger partial charge on any atom is -0.321 e. The molecule has 2 aromatic rings. The van der Waals surface area contributed by atoms with Crippen LogP contribution in [0.4, 0.5) is 4.79 Å². The standard InChI is InChI=1S/C12H14ClN5O/c1-16-4-6-17(7-5-16)12(19)18-3-2-9-8-10(13)14-15-11(9)18/h2-3,8H,4-7H2,1H3. The number of piperazine rings is 1. The molecule has 100 valence electrons. The summed E-state index contributed by atoms with van der Waals surface area (Å²) in [5.41, 5.74) is 0.549. The number of hydrogen-bond acceptors (Lipinski definition) is 4. The van der Waals surface area contributed by atoms with Gasteiger partial charge in [-0.05, 0) is 19.2 Å². The minimum absolute atomic E-state index is 0.0558. The van der Waals surface area contributed by atoms with Gasteiger partial charge >= 0.3 is 6.03 Å². The second-order valence-electron chi connectivity index (χ2n) is 4.70. The Balaban J connectivity index is 1.89. The van der Waals surface area contributed by atoms with Crippen LogP contribution >= 0.6 is 11.6 Å². The lowest BCUT2D eigenvalue weighted by Crippen LogP contribution is -2.48. The van der Waals surface area contributed by atoms with Crippen LogP contribution in [0.1, 0.15) is 0 Å². The van der Waals surface area contributed by atoms with Gasteiger partial charge in [0.15, 0.2) is 10.8 Å². The van der Waals surface area contributed by atoms with Crippen LogP contribution in [0.15, 0.2) is 18.3 Å². The summed E-state index contributed by atoms with van der Waals surface area (Å²) in [6.45, 7) is 3.25. The number of halogens is 1. The van der Waals surface area contributed by atoms with Gasteiger partial charge in [0, 0.05) is 37.8 Å². The molecule has 0 radical (unpaired) electrons. The zero-order valence-corrected chi connectivity index (χ0v) is 11.3. The highest BCUT2D eigenvalue weighted by Gasteiger charge is 2.21. The first-order valence-corrected chi connectivity index (χ1v) is 6.51. The number of carbonyl (C=O) groups is 1. The summed E-state index contributed by atoms with van der Waals surface area (Å²) in [7, 11) is 2.06. The molecule has 0 N–H and O–H groups in total. The lowest BCUT2D eigenvalue weighted by Gasteiger charge is -2.32. The molecule has 2 aromatic heterocycles. The Kier molecular flexibility index (Phi) is 3.12. The third kappa shape index (κ3) is 2.29. The van der Waals surface area contributed by atoms with Gasteiger partial charge in [-0.15, -0.1) is 10.2 Å². The molecule has 6 nitrogen and oxygen atoms in total. The first-order chi connectivity index (χ1) is 9.15. The molecule has 0 aliphatic carbocycles. The molecule has 1 amide bonds. The zero-order chi connectivity index (χ0) is 13.4. The summed E-state index contributed by atoms with van der Waals surface area (Å²) >= 11 is 5.79. The smallest absolute Gasteiger partial charge is 0.321 e. The number of nitrogens with zero attached hydrogens (tertiary/aromatic N) is 5. The van der Waals surface area contributed by atoms with Gasteiger partial charge in [0.1, 0.15) is 0 Å². The van der Waals surface area contributed by atoms with Crippen LogP contribution in [0.2, 0.25) is 5.15 Å². The molecular formula is C12H14ClN5O. The molecule has 7 heteroatoms. The first kappa shape index (κ1) is 12.4. The summed E-state index contributed by atoms with van der Waals surface area (Å²) < 4.78 is 1.53. The molecular weight excluding hydrogens is 266 g/mol. The van der Waals surface area contributed by atoms with Gasteiger partial charge in [0.25, 0.3) is 0 Å². The fourth-order valence-corrected chi connectivity index (χ4v) is 2.37. The first-order valence-electron chi connectivity index (χ1n) is 6.13. The van der Waals surface area contributed by atoms with E-state index in [4.69, 9.17) is 11.6 Å². The summed E-state index contributed by atoms with van der Waals surface area (Å²) in [6.07, 6.45) is 1.72. The number of amides is 1. The molecule has 3 rings (SSSR count). The molecule has 1 aliphatic heterocycles. The van der Waals surface area contributed by atoms with Crippen LogP contribution in [0, 0.1) is 0 Å². The Morgan fingerprint density at radius 3 is 2.74 bits per heavy atom. The molecule has 0 spiro atoms. The van der Waals surface area contributed by atoms with E-state index < -0.39 is 0 Å². The molecule has 0 atom stereocenters. The lowest BCUT2D eigenvalue weighted by molar-refractivity contribution is 0.156. The molecule has 3 heterocycles. The number of aromatic nitrogens is 3. The van der Waals surface area contributed by atoms with E-state index in [1.165, 1.54) is 4.57 Å². The largest absolute Gasteiger partial charge is 0.329 e. The Hall–Kier alpha value is -1.66. The second-order valence-corrected chi connectivity index (χ2v) is 5.09. The van der Waals surface area contributed by atoms with Crippen molar-refractivity contribution in [2.24, 2.45) is 0 Å². The van der Waals surface area contributed by atoms with Crippen molar-refractivity contribution in [1.29, 1.82) is 0 Å². The summed E-state index contributed by atoms with van der Waals surface area (Å²) in [5.74, 6) is 0. The Morgan fingerprint density at radius 1 is 1.26 bits per heavy atom.